The maximum absolute atomic E-state index is 12.5. The minimum atomic E-state index is -0.0924. The van der Waals surface area contributed by atoms with Crippen molar-refractivity contribution in [2.24, 2.45) is 0 Å². The molecule has 1 saturated heterocycles. The summed E-state index contributed by atoms with van der Waals surface area (Å²) in [6, 6.07) is 12.9. The summed E-state index contributed by atoms with van der Waals surface area (Å²) in [6.07, 6.45) is 2.22. The lowest BCUT2D eigenvalue weighted by atomic mass is 10.1. The molecular weight excluding hydrogens is 290 g/mol. The lowest BCUT2D eigenvalue weighted by molar-refractivity contribution is 0.0771. The van der Waals surface area contributed by atoms with E-state index in [2.05, 4.69) is 11.1 Å². The Labute approximate surface area is 135 Å². The van der Waals surface area contributed by atoms with Gasteiger partial charge in [-0.1, -0.05) is 17.7 Å². The number of amides is 1. The molecule has 0 aliphatic carbocycles. The predicted octanol–water partition coefficient (Wildman–Crippen LogP) is 2.56. The van der Waals surface area contributed by atoms with Crippen LogP contribution in [0.15, 0.2) is 42.6 Å². The molecule has 1 amide bonds. The van der Waals surface area contributed by atoms with Gasteiger partial charge in [-0.15, -0.1) is 0 Å². The van der Waals surface area contributed by atoms with Crippen LogP contribution in [0.4, 0.5) is 0 Å². The summed E-state index contributed by atoms with van der Waals surface area (Å²) in [5.41, 5.74) is 2.29. The maximum atomic E-state index is 12.5. The first-order valence-electron chi connectivity index (χ1n) is 7.54. The molecule has 1 aliphatic rings. The number of carbonyl (C=O) groups is 1. The fourth-order valence-electron chi connectivity index (χ4n) is 2.68. The van der Waals surface area contributed by atoms with Gasteiger partial charge in [0.2, 0.25) is 5.88 Å². The minimum Gasteiger partial charge on any atom is -0.472 e. The van der Waals surface area contributed by atoms with Crippen molar-refractivity contribution in [1.82, 2.24) is 9.88 Å². The highest BCUT2D eigenvalue weighted by atomic mass is 16.5. The van der Waals surface area contributed by atoms with E-state index in [1.165, 1.54) is 0 Å². The number of pyridine rings is 1. The van der Waals surface area contributed by atoms with Crippen LogP contribution in [0.1, 0.15) is 27.9 Å². The zero-order valence-electron chi connectivity index (χ0n) is 12.9. The Morgan fingerprint density at radius 1 is 1.39 bits per heavy atom. The molecule has 0 spiro atoms. The molecule has 5 nitrogen and oxygen atoms in total. The lowest BCUT2D eigenvalue weighted by Gasteiger charge is -2.17. The molecule has 116 valence electrons. The van der Waals surface area contributed by atoms with E-state index >= 15 is 0 Å². The maximum Gasteiger partial charge on any atom is 0.253 e. The monoisotopic (exact) mass is 307 g/mol. The Kier molecular flexibility index (Phi) is 4.24. The van der Waals surface area contributed by atoms with E-state index in [9.17, 15) is 4.79 Å². The molecule has 0 bridgehead atoms. The van der Waals surface area contributed by atoms with Gasteiger partial charge >= 0.3 is 0 Å². The molecule has 23 heavy (non-hydrogen) atoms. The number of aromatic nitrogens is 1. The fourth-order valence-corrected chi connectivity index (χ4v) is 2.68. The number of nitriles is 1. The molecule has 2 heterocycles. The minimum absolute atomic E-state index is 0.0264. The second-order valence-electron chi connectivity index (χ2n) is 5.64. The summed E-state index contributed by atoms with van der Waals surface area (Å²) >= 11 is 0. The van der Waals surface area contributed by atoms with E-state index in [1.807, 2.05) is 31.2 Å². The third-order valence-corrected chi connectivity index (χ3v) is 3.85. The normalized spacial score (nSPS) is 16.9. The quantitative estimate of drug-likeness (QED) is 0.874. The molecule has 1 aromatic heterocycles. The van der Waals surface area contributed by atoms with Crippen LogP contribution in [-0.2, 0) is 0 Å². The van der Waals surface area contributed by atoms with Gasteiger partial charge in [0.1, 0.15) is 6.10 Å². The van der Waals surface area contributed by atoms with Crippen molar-refractivity contribution in [2.45, 2.75) is 19.4 Å². The number of likely N-dealkylation sites (tertiary alicyclic amines) is 1. The first-order valence-corrected chi connectivity index (χ1v) is 7.54. The predicted molar refractivity (Wildman–Crippen MR) is 85.1 cm³/mol. The first kappa shape index (κ1) is 15.0. The third-order valence-electron chi connectivity index (χ3n) is 3.85. The summed E-state index contributed by atoms with van der Waals surface area (Å²) in [6.45, 7) is 3.17. The number of aryl methyl sites for hydroxylation is 1. The smallest absolute Gasteiger partial charge is 0.253 e. The zero-order chi connectivity index (χ0) is 16.2. The SMILES string of the molecule is Cc1cccc(C(=O)N2CCC(Oc3cc(C#N)ccn3)C2)c1. The molecule has 1 unspecified atom stereocenters. The van der Waals surface area contributed by atoms with Crippen LogP contribution in [-0.4, -0.2) is 35.0 Å². The number of nitrogens with zero attached hydrogens (tertiary/aromatic N) is 3. The van der Waals surface area contributed by atoms with Crippen LogP contribution in [0.5, 0.6) is 5.88 Å². The van der Waals surface area contributed by atoms with Gasteiger partial charge in [0, 0.05) is 30.8 Å². The Bertz CT molecular complexity index is 767. The van der Waals surface area contributed by atoms with Crippen LogP contribution in [0.3, 0.4) is 0 Å². The van der Waals surface area contributed by atoms with Gasteiger partial charge in [-0.2, -0.15) is 5.26 Å². The molecule has 0 N–H and O–H groups in total. The van der Waals surface area contributed by atoms with Crippen LogP contribution in [0, 0.1) is 18.3 Å². The van der Waals surface area contributed by atoms with Crippen molar-refractivity contribution in [2.75, 3.05) is 13.1 Å². The fraction of sp³-hybridized carbons (Fsp3) is 0.278. The number of carbonyl (C=O) groups excluding carboxylic acids is 1. The van der Waals surface area contributed by atoms with Gasteiger partial charge in [0.25, 0.3) is 5.91 Å². The Hall–Kier alpha value is -2.87. The highest BCUT2D eigenvalue weighted by molar-refractivity contribution is 5.94. The average Bonchev–Trinajstić information content (AvgIpc) is 3.03. The number of ether oxygens (including phenoxy) is 1. The van der Waals surface area contributed by atoms with Gasteiger partial charge in [0.15, 0.2) is 0 Å². The molecule has 2 aromatic rings. The number of hydrogen-bond acceptors (Lipinski definition) is 4. The lowest BCUT2D eigenvalue weighted by Crippen LogP contribution is -2.31. The topological polar surface area (TPSA) is 66.2 Å². The largest absolute Gasteiger partial charge is 0.472 e. The molecule has 1 fully saturated rings. The molecule has 1 aliphatic heterocycles. The molecular formula is C18H17N3O2. The van der Waals surface area contributed by atoms with E-state index < -0.39 is 0 Å². The zero-order valence-corrected chi connectivity index (χ0v) is 12.9. The van der Waals surface area contributed by atoms with E-state index in [1.54, 1.807) is 23.2 Å². The first-order chi connectivity index (χ1) is 11.2. The van der Waals surface area contributed by atoms with Gasteiger partial charge in [0.05, 0.1) is 18.2 Å². The summed E-state index contributed by atoms with van der Waals surface area (Å²) in [5.74, 6) is 0.456. The van der Waals surface area contributed by atoms with Crippen molar-refractivity contribution < 1.29 is 9.53 Å². The van der Waals surface area contributed by atoms with Crippen LogP contribution in [0.25, 0.3) is 0 Å². The summed E-state index contributed by atoms with van der Waals surface area (Å²) in [7, 11) is 0. The van der Waals surface area contributed by atoms with Gasteiger partial charge in [-0.05, 0) is 25.1 Å². The summed E-state index contributed by atoms with van der Waals surface area (Å²) in [4.78, 5) is 18.4. The molecule has 0 radical (unpaired) electrons. The molecule has 5 heteroatoms. The standard InChI is InChI=1S/C18H17N3O2/c1-13-3-2-4-15(9-13)18(22)21-8-6-16(12-21)23-17-10-14(11-19)5-7-20-17/h2-5,7,9-10,16H,6,8,12H2,1H3. The van der Waals surface area contributed by atoms with Crippen LogP contribution in [0.2, 0.25) is 0 Å². The molecule has 1 atom stereocenters. The van der Waals surface area contributed by atoms with Gasteiger partial charge in [-0.3, -0.25) is 4.79 Å². The van der Waals surface area contributed by atoms with E-state index in [0.29, 0.717) is 30.1 Å². The van der Waals surface area contributed by atoms with Gasteiger partial charge < -0.3 is 9.64 Å². The van der Waals surface area contributed by atoms with Crippen molar-refractivity contribution in [3.05, 3.63) is 59.3 Å². The van der Waals surface area contributed by atoms with Gasteiger partial charge in [-0.25, -0.2) is 4.98 Å². The Morgan fingerprint density at radius 2 is 2.26 bits per heavy atom. The summed E-state index contributed by atoms with van der Waals surface area (Å²) in [5, 5.41) is 8.90. The average molecular weight is 307 g/mol. The summed E-state index contributed by atoms with van der Waals surface area (Å²) < 4.78 is 5.80. The third kappa shape index (κ3) is 3.49. The van der Waals surface area contributed by atoms with Crippen molar-refractivity contribution in [1.29, 1.82) is 5.26 Å². The van der Waals surface area contributed by atoms with E-state index in [4.69, 9.17) is 10.00 Å². The van der Waals surface area contributed by atoms with Crippen LogP contribution < -0.4 is 4.74 Å². The molecule has 0 saturated carbocycles. The van der Waals surface area contributed by atoms with E-state index in [-0.39, 0.29) is 12.0 Å². The van der Waals surface area contributed by atoms with E-state index in [0.717, 1.165) is 12.0 Å². The number of rotatable bonds is 3. The van der Waals surface area contributed by atoms with Crippen molar-refractivity contribution >= 4 is 5.91 Å². The Balaban J connectivity index is 1.64. The van der Waals surface area contributed by atoms with Crippen LogP contribution >= 0.6 is 0 Å². The number of hydrogen-bond donors (Lipinski definition) is 0. The second-order valence-corrected chi connectivity index (χ2v) is 5.64. The highest BCUT2D eigenvalue weighted by Gasteiger charge is 2.28. The Morgan fingerprint density at radius 3 is 3.04 bits per heavy atom. The second kappa shape index (κ2) is 6.49. The molecule has 1 aromatic carbocycles. The number of benzene rings is 1. The van der Waals surface area contributed by atoms with Crippen molar-refractivity contribution in [3.8, 4) is 11.9 Å². The highest BCUT2D eigenvalue weighted by Crippen LogP contribution is 2.19. The molecule has 3 rings (SSSR count). The van der Waals surface area contributed by atoms with Crippen molar-refractivity contribution in [3.63, 3.8) is 0 Å².